The number of carbonyl (C=O) groups excluding carboxylic acids is 3. The number of hydrogen-bond donors (Lipinski definition) is 1. The first kappa shape index (κ1) is 17.1. The summed E-state index contributed by atoms with van der Waals surface area (Å²) in [5.74, 6) is -3.87. The molecule has 0 saturated carbocycles. The summed E-state index contributed by atoms with van der Waals surface area (Å²) in [6.45, 7) is -2.77. The van der Waals surface area contributed by atoms with Gasteiger partial charge in [0.25, 0.3) is 3.79 Å². The molecule has 0 spiro atoms. The number of esters is 3. The molecule has 1 heterocycles. The number of rotatable bonds is 5. The molecule has 1 aliphatic heterocycles. The fourth-order valence-corrected chi connectivity index (χ4v) is 1.98. The van der Waals surface area contributed by atoms with Crippen molar-refractivity contribution >= 4 is 58.6 Å². The number of nitrogens with one attached hydrogen (secondary N) is 1. The number of halogens is 3. The van der Waals surface area contributed by atoms with E-state index in [1.807, 2.05) is 0 Å². The van der Waals surface area contributed by atoms with Crippen molar-refractivity contribution in [1.29, 1.82) is 5.41 Å². The molecule has 1 N–H and O–H groups in total. The summed E-state index contributed by atoms with van der Waals surface area (Å²) in [6, 6.07) is 0. The Morgan fingerprint density at radius 3 is 2.12 bits per heavy atom. The molecule has 1 saturated heterocycles. The number of alkyl halides is 3. The molecule has 25 heavy (non-hydrogen) atoms. The molecular weight excluding hydrogens is 405 g/mol. The predicted octanol–water partition coefficient (Wildman–Crippen LogP) is 1.50. The smallest absolute Gasteiger partial charge is 0.303 e. The van der Waals surface area contributed by atoms with Gasteiger partial charge in [0.05, 0.1) is 0 Å². The Kier molecular flexibility index (Phi) is 6.09. The minimum Gasteiger partial charge on any atom is -0.463 e. The zero-order chi connectivity index (χ0) is 21.5. The van der Waals surface area contributed by atoms with Gasteiger partial charge in [-0.05, 0) is 0 Å². The second-order valence-electron chi connectivity index (χ2n) is 4.58. The van der Waals surface area contributed by atoms with Crippen molar-refractivity contribution in [3.8, 4) is 0 Å². The normalized spacial score (nSPS) is 27.4. The van der Waals surface area contributed by atoms with Crippen molar-refractivity contribution in [2.24, 2.45) is 0 Å². The second-order valence-corrected chi connectivity index (χ2v) is 6.86. The van der Waals surface area contributed by atoms with Crippen LogP contribution in [0.15, 0.2) is 0 Å². The molecule has 0 amide bonds. The van der Waals surface area contributed by atoms with Gasteiger partial charge in [-0.1, -0.05) is 34.8 Å². The van der Waals surface area contributed by atoms with Crippen LogP contribution in [0.3, 0.4) is 0 Å². The third kappa shape index (κ3) is 6.85. The van der Waals surface area contributed by atoms with Gasteiger partial charge in [0.15, 0.2) is 6.10 Å². The monoisotopic (exact) mass is 422 g/mol. The number of ether oxygens (including phenoxy) is 5. The largest absolute Gasteiger partial charge is 0.463 e. The van der Waals surface area contributed by atoms with Crippen LogP contribution in [0.25, 0.3) is 0 Å². The fourth-order valence-electron chi connectivity index (χ4n) is 1.85. The molecule has 0 aliphatic carbocycles. The summed E-state index contributed by atoms with van der Waals surface area (Å²) < 4.78 is 43.9. The maximum Gasteiger partial charge on any atom is 0.303 e. The van der Waals surface area contributed by atoms with Crippen molar-refractivity contribution in [2.75, 3.05) is 6.61 Å². The van der Waals surface area contributed by atoms with Crippen LogP contribution in [0, 0.1) is 5.41 Å². The zero-order valence-corrected chi connectivity index (χ0v) is 14.8. The van der Waals surface area contributed by atoms with Gasteiger partial charge < -0.3 is 23.7 Å². The van der Waals surface area contributed by atoms with E-state index < -0.39 is 79.5 Å². The second kappa shape index (κ2) is 8.88. The van der Waals surface area contributed by atoms with E-state index in [2.05, 4.69) is 0 Å². The van der Waals surface area contributed by atoms with E-state index in [1.165, 1.54) is 0 Å². The van der Waals surface area contributed by atoms with Crippen LogP contribution in [0.5, 0.6) is 0 Å². The van der Waals surface area contributed by atoms with E-state index in [-0.39, 0.29) is 0 Å². The molecule has 0 aromatic carbocycles. The first-order valence-electron chi connectivity index (χ1n) is 8.55. The average Bonchev–Trinajstić information content (AvgIpc) is 2.94. The summed E-state index contributed by atoms with van der Waals surface area (Å²) in [4.78, 5) is 34.4. The molecular formula is C13H16Cl3NO8. The lowest BCUT2D eigenvalue weighted by Crippen LogP contribution is -2.42. The summed E-state index contributed by atoms with van der Waals surface area (Å²) in [5.41, 5.74) is 0. The van der Waals surface area contributed by atoms with Crippen LogP contribution in [-0.4, -0.2) is 58.8 Å². The SMILES string of the molecule is [2H]CC(=O)OC[C@H]1OC(OC(=N)C(Cl)(Cl)Cl)[C@H](OC(=O)C[2H])[C@@H]1OC(=O)C[2H]. The van der Waals surface area contributed by atoms with Gasteiger partial charge in [0.2, 0.25) is 18.3 Å². The maximum absolute atomic E-state index is 11.6. The van der Waals surface area contributed by atoms with Crippen LogP contribution >= 0.6 is 34.8 Å². The van der Waals surface area contributed by atoms with E-state index in [0.717, 1.165) is 0 Å². The molecule has 12 heteroatoms. The number of hydrogen-bond acceptors (Lipinski definition) is 9. The van der Waals surface area contributed by atoms with E-state index in [4.69, 9.17) is 68.0 Å². The molecule has 0 aromatic rings. The van der Waals surface area contributed by atoms with Crippen molar-refractivity contribution in [3.63, 3.8) is 0 Å². The molecule has 9 nitrogen and oxygen atoms in total. The number of carbonyl (C=O) groups is 3. The molecule has 142 valence electrons. The quantitative estimate of drug-likeness (QED) is 0.232. The van der Waals surface area contributed by atoms with Crippen LogP contribution < -0.4 is 0 Å². The van der Waals surface area contributed by atoms with Crippen LogP contribution in [-0.2, 0) is 38.1 Å². The van der Waals surface area contributed by atoms with Gasteiger partial charge in [-0.25, -0.2) is 0 Å². The van der Waals surface area contributed by atoms with Crippen LogP contribution in [0.4, 0.5) is 0 Å². The Morgan fingerprint density at radius 2 is 1.60 bits per heavy atom. The van der Waals surface area contributed by atoms with E-state index in [9.17, 15) is 14.4 Å². The van der Waals surface area contributed by atoms with Crippen LogP contribution in [0.2, 0.25) is 0 Å². The average molecular weight is 424 g/mol. The van der Waals surface area contributed by atoms with E-state index in [1.54, 1.807) is 0 Å². The summed E-state index contributed by atoms with van der Waals surface area (Å²) in [5, 5.41) is 7.61. The molecule has 1 rings (SSSR count). The highest BCUT2D eigenvalue weighted by Crippen LogP contribution is 2.33. The lowest BCUT2D eigenvalue weighted by molar-refractivity contribution is -0.172. The first-order valence-corrected chi connectivity index (χ1v) is 7.57. The summed E-state index contributed by atoms with van der Waals surface area (Å²) in [6.07, 6.45) is -5.79. The van der Waals surface area contributed by atoms with Gasteiger partial charge in [0.1, 0.15) is 12.7 Å². The van der Waals surface area contributed by atoms with E-state index >= 15 is 0 Å². The lowest BCUT2D eigenvalue weighted by Gasteiger charge is -2.24. The Balaban J connectivity index is 3.09. The Morgan fingerprint density at radius 1 is 1.04 bits per heavy atom. The molecule has 0 radical (unpaired) electrons. The third-order valence-electron chi connectivity index (χ3n) is 2.70. The minimum atomic E-state index is -2.28. The Labute approximate surface area is 162 Å². The molecule has 1 fully saturated rings. The molecule has 0 bridgehead atoms. The molecule has 0 aromatic heterocycles. The topological polar surface area (TPSA) is 121 Å². The maximum atomic E-state index is 11.6. The highest BCUT2D eigenvalue weighted by Gasteiger charge is 2.52. The van der Waals surface area contributed by atoms with E-state index in [0.29, 0.717) is 0 Å². The highest BCUT2D eigenvalue weighted by molar-refractivity contribution is 6.76. The van der Waals surface area contributed by atoms with Gasteiger partial charge in [-0.3, -0.25) is 19.8 Å². The molecule has 4 atom stereocenters. The lowest BCUT2D eigenvalue weighted by atomic mass is 10.1. The Bertz CT molecular complexity index is 606. The predicted molar refractivity (Wildman–Crippen MR) is 85.5 cm³/mol. The highest BCUT2D eigenvalue weighted by atomic mass is 35.6. The summed E-state index contributed by atoms with van der Waals surface area (Å²) in [7, 11) is 0. The van der Waals surface area contributed by atoms with Crippen molar-refractivity contribution < 1.29 is 42.2 Å². The van der Waals surface area contributed by atoms with Gasteiger partial charge in [-0.2, -0.15) is 0 Å². The Hall–Kier alpha value is -1.29. The minimum absolute atomic E-state index is 0.524. The van der Waals surface area contributed by atoms with Crippen molar-refractivity contribution in [3.05, 3.63) is 0 Å². The van der Waals surface area contributed by atoms with Crippen LogP contribution in [0.1, 0.15) is 24.8 Å². The fraction of sp³-hybridized carbons (Fsp3) is 0.692. The van der Waals surface area contributed by atoms with Gasteiger partial charge in [0, 0.05) is 24.8 Å². The molecule has 1 unspecified atom stereocenters. The first-order chi connectivity index (χ1) is 13.0. The van der Waals surface area contributed by atoms with Gasteiger partial charge >= 0.3 is 17.9 Å². The standard InChI is InChI=1S/C13H16Cl3NO8/c1-5(18)21-4-8-9(22-6(2)19)10(23-7(3)20)11(24-8)25-12(17)13(14,15)16/h8-11,17H,4H2,1-3H3/t8-,9-,10-,11?/m1/s1/i1D,2D,3D. The zero-order valence-electron chi connectivity index (χ0n) is 15.5. The van der Waals surface area contributed by atoms with Crippen molar-refractivity contribution in [1.82, 2.24) is 0 Å². The molecule has 1 aliphatic rings. The third-order valence-corrected chi connectivity index (χ3v) is 3.22. The van der Waals surface area contributed by atoms with Crippen molar-refractivity contribution in [2.45, 2.75) is 49.1 Å². The summed E-state index contributed by atoms with van der Waals surface area (Å²) >= 11 is 16.6. The van der Waals surface area contributed by atoms with Gasteiger partial charge in [-0.15, -0.1) is 0 Å².